The number of fused-ring (bicyclic) bond motifs is 2. The Morgan fingerprint density at radius 3 is 2.58 bits per heavy atom. The van der Waals surface area contributed by atoms with Gasteiger partial charge in [0.25, 0.3) is 0 Å². The minimum atomic E-state index is 0. The van der Waals surface area contributed by atoms with E-state index >= 15 is 0 Å². The van der Waals surface area contributed by atoms with Gasteiger partial charge in [0.05, 0.1) is 0 Å². The van der Waals surface area contributed by atoms with Gasteiger partial charge < -0.3 is 19.5 Å². The minimum Gasteiger partial charge on any atom is -0.382 e. The van der Waals surface area contributed by atoms with Gasteiger partial charge in [-0.15, -0.1) is 34.2 Å². The second kappa shape index (κ2) is 11.8. The molecule has 1 aromatic heterocycles. The average molecular weight is 546 g/mol. The number of aryl methyl sites for hydroxylation is 1. The van der Waals surface area contributed by atoms with Gasteiger partial charge in [0.2, 0.25) is 0 Å². The monoisotopic (exact) mass is 545 g/mol. The number of nitrogens with one attached hydrogen (secondary N) is 1. The molecule has 9 heteroatoms. The molecule has 4 rings (SSSR count). The number of aliphatic imine (C=N–C) groups is 1. The molecule has 176 valence electrons. The Bertz CT molecular complexity index is 717. The molecule has 0 radical (unpaired) electrons. The normalized spacial score (nSPS) is 26.4. The van der Waals surface area contributed by atoms with Gasteiger partial charge in [-0.3, -0.25) is 4.90 Å². The Balaban J connectivity index is 0.00000272. The quantitative estimate of drug-likeness (QED) is 0.234. The molecule has 3 aliphatic rings. The molecule has 0 amide bonds. The summed E-state index contributed by atoms with van der Waals surface area (Å²) in [6, 6.07) is 0.840. The molecule has 2 aliphatic carbocycles. The zero-order chi connectivity index (χ0) is 20.9. The molecule has 0 spiro atoms. The van der Waals surface area contributed by atoms with E-state index < -0.39 is 0 Å². The van der Waals surface area contributed by atoms with Crippen LogP contribution < -0.4 is 5.32 Å². The molecule has 2 saturated carbocycles. The molecule has 2 bridgehead atoms. The van der Waals surface area contributed by atoms with Crippen molar-refractivity contribution in [3.63, 3.8) is 0 Å². The topological polar surface area (TPSA) is 70.8 Å². The van der Waals surface area contributed by atoms with Crippen molar-refractivity contribution in [2.45, 2.75) is 58.5 Å². The van der Waals surface area contributed by atoms with E-state index in [-0.39, 0.29) is 24.0 Å². The van der Waals surface area contributed by atoms with Crippen LogP contribution in [0.2, 0.25) is 0 Å². The number of hydrogen-bond donors (Lipinski definition) is 1. The van der Waals surface area contributed by atoms with Gasteiger partial charge >= 0.3 is 0 Å². The first-order chi connectivity index (χ1) is 14.7. The van der Waals surface area contributed by atoms with E-state index in [1.54, 1.807) is 0 Å². The molecule has 3 fully saturated rings. The lowest BCUT2D eigenvalue weighted by atomic mass is 9.93. The summed E-state index contributed by atoms with van der Waals surface area (Å²) >= 11 is 0. The van der Waals surface area contributed by atoms with Gasteiger partial charge in [-0.1, -0.05) is 6.42 Å². The minimum absolute atomic E-state index is 0. The van der Waals surface area contributed by atoms with Gasteiger partial charge in [0.15, 0.2) is 11.8 Å². The standard InChI is InChI=1S/C22H39N7O.HI/c1-4-30-13-5-8-23-22(24-16-21-26-25-17(2)27(21)3)29-11-9-28(10-12-29)20-15-18-6-7-19(20)14-18;/h18-20H,4-16H2,1-3H3,(H,23,24);1H. The number of rotatable bonds is 8. The SMILES string of the molecule is CCOCCCNC(=NCc1nnc(C)n1C)N1CCN(C2CC3CCC2C3)CC1.I. The summed E-state index contributed by atoms with van der Waals surface area (Å²) < 4.78 is 7.50. The summed E-state index contributed by atoms with van der Waals surface area (Å²) in [5.41, 5.74) is 0. The molecular formula is C22H40IN7O. The Hall–Kier alpha value is -0.940. The molecule has 0 aromatic carbocycles. The lowest BCUT2D eigenvalue weighted by molar-refractivity contribution is 0.0956. The van der Waals surface area contributed by atoms with Gasteiger partial charge in [-0.25, -0.2) is 4.99 Å². The fraction of sp³-hybridized carbons (Fsp3) is 0.864. The van der Waals surface area contributed by atoms with Crippen molar-refractivity contribution in [1.82, 2.24) is 29.9 Å². The summed E-state index contributed by atoms with van der Waals surface area (Å²) in [5, 5.41) is 12.0. The van der Waals surface area contributed by atoms with Crippen molar-refractivity contribution in [1.29, 1.82) is 0 Å². The van der Waals surface area contributed by atoms with Crippen LogP contribution in [0.25, 0.3) is 0 Å². The van der Waals surface area contributed by atoms with Crippen molar-refractivity contribution in [3.8, 4) is 0 Å². The first-order valence-corrected chi connectivity index (χ1v) is 11.9. The van der Waals surface area contributed by atoms with Gasteiger partial charge in [0.1, 0.15) is 12.4 Å². The van der Waals surface area contributed by atoms with E-state index in [0.29, 0.717) is 6.54 Å². The van der Waals surface area contributed by atoms with Crippen LogP contribution in [0.5, 0.6) is 0 Å². The molecule has 3 atom stereocenters. The zero-order valence-corrected chi connectivity index (χ0v) is 21.8. The van der Waals surface area contributed by atoms with Crippen LogP contribution in [0.1, 0.15) is 50.7 Å². The molecule has 1 aliphatic heterocycles. The van der Waals surface area contributed by atoms with Crippen LogP contribution in [-0.2, 0) is 18.3 Å². The Morgan fingerprint density at radius 2 is 1.97 bits per heavy atom. The third-order valence-electron chi connectivity index (χ3n) is 7.29. The van der Waals surface area contributed by atoms with E-state index in [2.05, 4.69) is 25.3 Å². The fourth-order valence-corrected chi connectivity index (χ4v) is 5.44. The summed E-state index contributed by atoms with van der Waals surface area (Å²) in [6.07, 6.45) is 6.84. The van der Waals surface area contributed by atoms with Crippen molar-refractivity contribution in [2.75, 3.05) is 45.9 Å². The molecular weight excluding hydrogens is 505 g/mol. The van der Waals surface area contributed by atoms with E-state index in [9.17, 15) is 0 Å². The lowest BCUT2D eigenvalue weighted by Gasteiger charge is -2.42. The van der Waals surface area contributed by atoms with E-state index in [1.807, 2.05) is 25.5 Å². The van der Waals surface area contributed by atoms with Crippen molar-refractivity contribution in [3.05, 3.63) is 11.6 Å². The smallest absolute Gasteiger partial charge is 0.194 e. The molecule has 31 heavy (non-hydrogen) atoms. The molecule has 3 unspecified atom stereocenters. The third kappa shape index (κ3) is 6.10. The second-order valence-corrected chi connectivity index (χ2v) is 9.10. The highest BCUT2D eigenvalue weighted by molar-refractivity contribution is 14.0. The maximum atomic E-state index is 5.48. The maximum Gasteiger partial charge on any atom is 0.194 e. The molecule has 8 nitrogen and oxygen atoms in total. The highest BCUT2D eigenvalue weighted by Gasteiger charge is 2.42. The first kappa shape index (κ1) is 24.7. The second-order valence-electron chi connectivity index (χ2n) is 9.10. The molecule has 1 N–H and O–H groups in total. The number of nitrogens with zero attached hydrogens (tertiary/aromatic N) is 6. The maximum absolute atomic E-state index is 5.48. The zero-order valence-electron chi connectivity index (χ0n) is 19.4. The summed E-state index contributed by atoms with van der Waals surface area (Å²) in [5.74, 6) is 4.80. The predicted octanol–water partition coefficient (Wildman–Crippen LogP) is 2.42. The Labute approximate surface area is 204 Å². The molecule has 1 aromatic rings. The Morgan fingerprint density at radius 1 is 1.16 bits per heavy atom. The highest BCUT2D eigenvalue weighted by Crippen LogP contribution is 2.46. The van der Waals surface area contributed by atoms with Crippen LogP contribution in [-0.4, -0.2) is 82.5 Å². The van der Waals surface area contributed by atoms with Crippen molar-refractivity contribution in [2.24, 2.45) is 23.9 Å². The van der Waals surface area contributed by atoms with Crippen LogP contribution in [0, 0.1) is 18.8 Å². The van der Waals surface area contributed by atoms with Crippen molar-refractivity contribution >= 4 is 29.9 Å². The first-order valence-electron chi connectivity index (χ1n) is 11.9. The van der Waals surface area contributed by atoms with Crippen LogP contribution in [0.4, 0.5) is 0 Å². The largest absolute Gasteiger partial charge is 0.382 e. The van der Waals surface area contributed by atoms with E-state index in [1.165, 1.54) is 25.7 Å². The molecule has 2 heterocycles. The number of piperazine rings is 1. The molecule has 1 saturated heterocycles. The Kier molecular flexibility index (Phi) is 9.39. The highest BCUT2D eigenvalue weighted by atomic mass is 127. The number of halogens is 1. The number of hydrogen-bond acceptors (Lipinski definition) is 5. The van der Waals surface area contributed by atoms with Crippen LogP contribution in [0.3, 0.4) is 0 Å². The van der Waals surface area contributed by atoms with E-state index in [0.717, 1.165) is 87.8 Å². The third-order valence-corrected chi connectivity index (χ3v) is 7.29. The van der Waals surface area contributed by atoms with Gasteiger partial charge in [0, 0.05) is 59.0 Å². The van der Waals surface area contributed by atoms with E-state index in [4.69, 9.17) is 9.73 Å². The van der Waals surface area contributed by atoms with Crippen molar-refractivity contribution < 1.29 is 4.74 Å². The lowest BCUT2D eigenvalue weighted by Crippen LogP contribution is -2.55. The van der Waals surface area contributed by atoms with Gasteiger partial charge in [-0.05, 0) is 51.4 Å². The number of ether oxygens (including phenoxy) is 1. The number of guanidine groups is 1. The predicted molar refractivity (Wildman–Crippen MR) is 134 cm³/mol. The number of aromatic nitrogens is 3. The summed E-state index contributed by atoms with van der Waals surface area (Å²) in [4.78, 5) is 10.1. The fourth-order valence-electron chi connectivity index (χ4n) is 5.44. The summed E-state index contributed by atoms with van der Waals surface area (Å²) in [7, 11) is 2.00. The average Bonchev–Trinajstić information content (AvgIpc) is 3.48. The summed E-state index contributed by atoms with van der Waals surface area (Å²) in [6.45, 7) is 11.4. The van der Waals surface area contributed by atoms with Crippen LogP contribution >= 0.6 is 24.0 Å². The van der Waals surface area contributed by atoms with Gasteiger partial charge in [-0.2, -0.15) is 0 Å². The van der Waals surface area contributed by atoms with Crippen LogP contribution in [0.15, 0.2) is 4.99 Å².